The van der Waals surface area contributed by atoms with Gasteiger partial charge in [0.1, 0.15) is 17.7 Å². The number of halogens is 3. The molecule has 256 valence electrons. The minimum Gasteiger partial charge on any atom is -0.478 e. The maximum atomic E-state index is 15.5. The molecule has 11 nitrogen and oxygen atoms in total. The molecule has 0 bridgehead atoms. The van der Waals surface area contributed by atoms with Gasteiger partial charge in [0.2, 0.25) is 0 Å². The summed E-state index contributed by atoms with van der Waals surface area (Å²) in [5.74, 6) is -2.36. The fourth-order valence-electron chi connectivity index (χ4n) is 6.52. The number of aliphatic imine (C=N–C) groups is 1. The van der Waals surface area contributed by atoms with E-state index in [-0.39, 0.29) is 47.0 Å². The summed E-state index contributed by atoms with van der Waals surface area (Å²) in [6.45, 7) is 1.77. The molecule has 0 radical (unpaired) electrons. The highest BCUT2D eigenvalue weighted by molar-refractivity contribution is 7.11. The Morgan fingerprint density at radius 1 is 1.06 bits per heavy atom. The van der Waals surface area contributed by atoms with Gasteiger partial charge in [0.05, 0.1) is 30.0 Å². The molecule has 0 aliphatic carbocycles. The molecule has 7 rings (SSSR count). The van der Waals surface area contributed by atoms with Crippen molar-refractivity contribution in [1.29, 1.82) is 0 Å². The number of aromatic nitrogens is 1. The van der Waals surface area contributed by atoms with Gasteiger partial charge in [-0.2, -0.15) is 0 Å². The number of hydrogen-bond donors (Lipinski definition) is 2. The summed E-state index contributed by atoms with van der Waals surface area (Å²) < 4.78 is 34.7. The molecule has 2 saturated heterocycles. The number of anilines is 1. The Morgan fingerprint density at radius 2 is 1.84 bits per heavy atom. The van der Waals surface area contributed by atoms with Crippen LogP contribution in [0.4, 0.5) is 19.3 Å². The number of rotatable bonds is 8. The summed E-state index contributed by atoms with van der Waals surface area (Å²) in [4.78, 5) is 52.5. The van der Waals surface area contributed by atoms with Gasteiger partial charge in [-0.05, 0) is 47.5 Å². The van der Waals surface area contributed by atoms with Gasteiger partial charge in [0.25, 0.3) is 0 Å². The smallest absolute Gasteiger partial charge is 0.338 e. The molecule has 3 aromatic carbocycles. The summed E-state index contributed by atoms with van der Waals surface area (Å²) >= 11 is 7.84. The van der Waals surface area contributed by atoms with Crippen LogP contribution in [-0.2, 0) is 9.53 Å². The van der Waals surface area contributed by atoms with Crippen LogP contribution >= 0.6 is 22.9 Å². The van der Waals surface area contributed by atoms with Gasteiger partial charge >= 0.3 is 18.0 Å². The van der Waals surface area contributed by atoms with Crippen molar-refractivity contribution >= 4 is 52.4 Å². The second-order valence-electron chi connectivity index (χ2n) is 11.9. The van der Waals surface area contributed by atoms with Gasteiger partial charge < -0.3 is 20.1 Å². The van der Waals surface area contributed by atoms with Crippen molar-refractivity contribution in [3.63, 3.8) is 0 Å². The summed E-state index contributed by atoms with van der Waals surface area (Å²) in [6, 6.07) is 13.2. The number of carbonyl (C=O) groups excluding carboxylic acids is 2. The molecular formula is C35H29ClF2N6O5S. The van der Waals surface area contributed by atoms with E-state index in [9.17, 15) is 18.8 Å². The lowest BCUT2D eigenvalue weighted by Gasteiger charge is -2.38. The molecule has 4 heterocycles. The number of carboxylic acid groups (broad SMARTS) is 1. The Kier molecular flexibility index (Phi) is 9.07. The van der Waals surface area contributed by atoms with Gasteiger partial charge in [-0.3, -0.25) is 14.8 Å². The largest absolute Gasteiger partial charge is 0.478 e. The van der Waals surface area contributed by atoms with Crippen molar-refractivity contribution in [2.75, 3.05) is 44.7 Å². The van der Waals surface area contributed by atoms with Gasteiger partial charge in [-0.25, -0.2) is 28.1 Å². The number of hydrogen-bond acceptors (Lipinski definition) is 9. The second kappa shape index (κ2) is 13.6. The number of carboxylic acids is 1. The van der Waals surface area contributed by atoms with E-state index in [0.717, 1.165) is 0 Å². The third kappa shape index (κ3) is 6.32. The van der Waals surface area contributed by atoms with Crippen molar-refractivity contribution in [3.05, 3.63) is 116 Å². The number of nitrogens with zero attached hydrogens (tertiary/aromatic N) is 5. The number of amidine groups is 1. The molecule has 0 unspecified atom stereocenters. The molecular weight excluding hydrogens is 690 g/mol. The van der Waals surface area contributed by atoms with E-state index in [4.69, 9.17) is 26.4 Å². The summed E-state index contributed by atoms with van der Waals surface area (Å²) in [5, 5.41) is 14.9. The minimum atomic E-state index is -1.05. The fourth-order valence-corrected chi connectivity index (χ4v) is 7.38. The molecule has 2 N–H and O–H groups in total. The Labute approximate surface area is 294 Å². The number of nitrogens with one attached hydrogen (secondary N) is 1. The number of fused-ring (bicyclic) bond motifs is 1. The highest BCUT2D eigenvalue weighted by atomic mass is 35.5. The lowest BCUT2D eigenvalue weighted by molar-refractivity contribution is -0.136. The molecule has 3 aliphatic heterocycles. The van der Waals surface area contributed by atoms with Crippen molar-refractivity contribution in [3.8, 4) is 11.1 Å². The predicted octanol–water partition coefficient (Wildman–Crippen LogP) is 5.58. The van der Waals surface area contributed by atoms with Crippen LogP contribution in [0.25, 0.3) is 11.1 Å². The van der Waals surface area contributed by atoms with Crippen LogP contribution in [0.5, 0.6) is 0 Å². The minimum absolute atomic E-state index is 0.106. The van der Waals surface area contributed by atoms with Crippen LogP contribution in [0.15, 0.2) is 88.5 Å². The van der Waals surface area contributed by atoms with Crippen molar-refractivity contribution in [1.82, 2.24) is 20.1 Å². The maximum Gasteiger partial charge on any atom is 0.338 e. The number of urea groups is 1. The quantitative estimate of drug-likeness (QED) is 0.226. The molecule has 2 fully saturated rings. The van der Waals surface area contributed by atoms with E-state index in [2.05, 4.69) is 15.2 Å². The van der Waals surface area contributed by atoms with Gasteiger partial charge in [-0.15, -0.1) is 11.3 Å². The van der Waals surface area contributed by atoms with E-state index in [1.54, 1.807) is 40.7 Å². The van der Waals surface area contributed by atoms with E-state index >= 15 is 4.39 Å². The van der Waals surface area contributed by atoms with Crippen molar-refractivity contribution < 1.29 is 33.0 Å². The lowest BCUT2D eigenvalue weighted by Crippen LogP contribution is -2.53. The number of amides is 2. The molecule has 2 amide bonds. The summed E-state index contributed by atoms with van der Waals surface area (Å²) in [6.07, 6.45) is 1.64. The monoisotopic (exact) mass is 718 g/mol. The first-order valence-electron chi connectivity index (χ1n) is 15.6. The average molecular weight is 719 g/mol. The Bertz CT molecular complexity index is 2060. The van der Waals surface area contributed by atoms with Crippen molar-refractivity contribution in [2.45, 2.75) is 12.1 Å². The number of aromatic carboxylic acids is 1. The molecule has 0 saturated carbocycles. The van der Waals surface area contributed by atoms with Crippen LogP contribution < -0.4 is 10.2 Å². The molecule has 50 heavy (non-hydrogen) atoms. The number of esters is 1. The summed E-state index contributed by atoms with van der Waals surface area (Å²) in [7, 11) is 1.27. The van der Waals surface area contributed by atoms with Crippen LogP contribution in [0.1, 0.15) is 27.0 Å². The number of carbonyl (C=O) groups is 3. The molecule has 15 heteroatoms. The van der Waals surface area contributed by atoms with E-state index in [1.807, 2.05) is 0 Å². The Morgan fingerprint density at radius 3 is 2.52 bits per heavy atom. The number of thiazole rings is 1. The fraction of sp³-hybridized carbons (Fsp3) is 0.229. The normalized spacial score (nSPS) is 19.3. The van der Waals surface area contributed by atoms with Crippen molar-refractivity contribution in [2.24, 2.45) is 4.99 Å². The topological polar surface area (TPSA) is 128 Å². The first kappa shape index (κ1) is 33.3. The number of ether oxygens (including phenoxy) is 1. The zero-order valence-corrected chi connectivity index (χ0v) is 28.0. The highest BCUT2D eigenvalue weighted by Crippen LogP contribution is 2.37. The number of piperazine rings is 1. The number of methoxy groups -OCH3 is 1. The molecule has 2 atom stereocenters. The zero-order chi connectivity index (χ0) is 35.1. The first-order valence-corrected chi connectivity index (χ1v) is 16.8. The standard InChI is InChI=1S/C35H29ClF2N6O5S/c1-49-34(47)29-27(40-31(32-39-10-13-50-32)41-30(29)24-8-7-22(37)15-25(24)36)18-42-11-12-43-23(16-42)17-44(35(43)48)28-9-6-21(14-26(28)38)19-2-4-20(5-3-19)33(45)46/h2-10,13-15,23,30H,11-12,16-18H2,1H3,(H,40,41)(H,45,46)/t23-,30-/m0/s1. The first-order chi connectivity index (χ1) is 24.1. The third-order valence-electron chi connectivity index (χ3n) is 8.95. The molecule has 1 aromatic heterocycles. The third-order valence-corrected chi connectivity index (χ3v) is 10.1. The van der Waals surface area contributed by atoms with Crippen LogP contribution in [-0.4, -0.2) is 89.6 Å². The molecule has 4 aromatic rings. The zero-order valence-electron chi connectivity index (χ0n) is 26.5. The lowest BCUT2D eigenvalue weighted by atomic mass is 9.95. The van der Waals surface area contributed by atoms with Crippen LogP contribution in [0, 0.1) is 11.6 Å². The Balaban J connectivity index is 1.13. The highest BCUT2D eigenvalue weighted by Gasteiger charge is 2.43. The average Bonchev–Trinajstić information content (AvgIpc) is 3.76. The predicted molar refractivity (Wildman–Crippen MR) is 183 cm³/mol. The van der Waals surface area contributed by atoms with Gasteiger partial charge in [-0.1, -0.05) is 35.9 Å². The van der Waals surface area contributed by atoms with Crippen LogP contribution in [0.3, 0.4) is 0 Å². The van der Waals surface area contributed by atoms with Crippen LogP contribution in [0.2, 0.25) is 5.02 Å². The van der Waals surface area contributed by atoms with E-state index in [1.165, 1.54) is 59.7 Å². The van der Waals surface area contributed by atoms with Gasteiger partial charge in [0.15, 0.2) is 10.8 Å². The SMILES string of the molecule is COC(=O)C1=C(CN2CCN3C(=O)N(c4ccc(-c5ccc(C(=O)O)cc5)cc4F)C[C@@H]3C2)NC(c2nccs2)=N[C@H]1c1ccc(F)cc1Cl. The van der Waals surface area contributed by atoms with Gasteiger partial charge in [0, 0.05) is 60.6 Å². The Hall–Kier alpha value is -5.18. The molecule has 0 spiro atoms. The van der Waals surface area contributed by atoms with E-state index in [0.29, 0.717) is 52.9 Å². The summed E-state index contributed by atoms with van der Waals surface area (Å²) in [5.41, 5.74) is 2.62. The maximum absolute atomic E-state index is 15.5. The van der Waals surface area contributed by atoms with E-state index < -0.39 is 29.6 Å². The molecule has 3 aliphatic rings. The number of benzene rings is 3. The second-order valence-corrected chi connectivity index (χ2v) is 13.2.